The molecule has 1 aliphatic rings. The number of sulfonamides is 1. The van der Waals surface area contributed by atoms with E-state index in [-0.39, 0.29) is 22.8 Å². The molecule has 1 aromatic rings. The lowest BCUT2D eigenvalue weighted by Crippen LogP contribution is -2.42. The fourth-order valence-electron chi connectivity index (χ4n) is 3.07. The Balaban J connectivity index is 2.25. The molecule has 0 atom stereocenters. The molecule has 0 aromatic heterocycles. The SMILES string of the molecule is COc1ccc(C(=O)O)cc1NS(=O)(=O)CC1(OC)CCCCC1. The van der Waals surface area contributed by atoms with Crippen molar-refractivity contribution in [2.24, 2.45) is 0 Å². The lowest BCUT2D eigenvalue weighted by atomic mass is 9.86. The molecule has 134 valence electrons. The predicted molar refractivity (Wildman–Crippen MR) is 90.2 cm³/mol. The Morgan fingerprint density at radius 2 is 1.92 bits per heavy atom. The predicted octanol–water partition coefficient (Wildman–Crippen LogP) is 2.48. The van der Waals surface area contributed by atoms with Crippen LogP contribution < -0.4 is 9.46 Å². The molecule has 0 bridgehead atoms. The van der Waals surface area contributed by atoms with E-state index in [4.69, 9.17) is 14.6 Å². The summed E-state index contributed by atoms with van der Waals surface area (Å²) in [5.74, 6) is -1.05. The van der Waals surface area contributed by atoms with Gasteiger partial charge in [-0.3, -0.25) is 4.72 Å². The van der Waals surface area contributed by atoms with Crippen LogP contribution in [0.1, 0.15) is 42.5 Å². The minimum atomic E-state index is -3.73. The molecule has 0 unspecified atom stereocenters. The summed E-state index contributed by atoms with van der Waals surface area (Å²) in [7, 11) is -0.799. The zero-order valence-electron chi connectivity index (χ0n) is 13.9. The molecule has 0 heterocycles. The topological polar surface area (TPSA) is 102 Å². The fourth-order valence-corrected chi connectivity index (χ4v) is 4.74. The molecule has 0 aliphatic heterocycles. The molecule has 8 heteroatoms. The number of carboxylic acid groups (broad SMARTS) is 1. The molecular formula is C16H23NO6S. The molecular weight excluding hydrogens is 334 g/mol. The molecule has 1 fully saturated rings. The van der Waals surface area contributed by atoms with Crippen molar-refractivity contribution in [3.05, 3.63) is 23.8 Å². The first-order chi connectivity index (χ1) is 11.3. The number of aromatic carboxylic acids is 1. The van der Waals surface area contributed by atoms with Crippen LogP contribution in [0.3, 0.4) is 0 Å². The van der Waals surface area contributed by atoms with Crippen molar-refractivity contribution in [3.8, 4) is 5.75 Å². The molecule has 1 saturated carbocycles. The summed E-state index contributed by atoms with van der Waals surface area (Å²) < 4.78 is 38.3. The van der Waals surface area contributed by atoms with Gasteiger partial charge in [0.15, 0.2) is 0 Å². The van der Waals surface area contributed by atoms with E-state index in [0.717, 1.165) is 19.3 Å². The highest BCUT2D eigenvalue weighted by atomic mass is 32.2. The number of carbonyl (C=O) groups is 1. The van der Waals surface area contributed by atoms with Gasteiger partial charge in [-0.1, -0.05) is 19.3 Å². The number of carboxylic acids is 1. The quantitative estimate of drug-likeness (QED) is 0.777. The van der Waals surface area contributed by atoms with E-state index in [9.17, 15) is 13.2 Å². The number of methoxy groups -OCH3 is 2. The highest BCUT2D eigenvalue weighted by Crippen LogP contribution is 2.34. The third kappa shape index (κ3) is 4.39. The minimum absolute atomic E-state index is 0.0207. The van der Waals surface area contributed by atoms with E-state index in [1.165, 1.54) is 32.4 Å². The molecule has 0 amide bonds. The van der Waals surface area contributed by atoms with Gasteiger partial charge in [0.25, 0.3) is 0 Å². The lowest BCUT2D eigenvalue weighted by molar-refractivity contribution is -0.0201. The Hall–Kier alpha value is -1.80. The molecule has 0 saturated heterocycles. The zero-order valence-corrected chi connectivity index (χ0v) is 14.7. The van der Waals surface area contributed by atoms with E-state index in [1.54, 1.807) is 0 Å². The van der Waals surface area contributed by atoms with Crippen LogP contribution in [0.5, 0.6) is 5.75 Å². The van der Waals surface area contributed by atoms with Crippen LogP contribution in [0.4, 0.5) is 5.69 Å². The van der Waals surface area contributed by atoms with Gasteiger partial charge in [-0.15, -0.1) is 0 Å². The number of hydrogen-bond acceptors (Lipinski definition) is 5. The summed E-state index contributed by atoms with van der Waals surface area (Å²) in [6, 6.07) is 4.03. The summed E-state index contributed by atoms with van der Waals surface area (Å²) in [6.45, 7) is 0. The Kier molecular flexibility index (Phi) is 5.71. The van der Waals surface area contributed by atoms with Gasteiger partial charge in [-0.25, -0.2) is 13.2 Å². The second-order valence-electron chi connectivity index (χ2n) is 6.03. The van der Waals surface area contributed by atoms with Gasteiger partial charge in [0.05, 0.1) is 29.7 Å². The average Bonchev–Trinajstić information content (AvgIpc) is 2.54. The monoisotopic (exact) mass is 357 g/mol. The maximum Gasteiger partial charge on any atom is 0.335 e. The minimum Gasteiger partial charge on any atom is -0.495 e. The summed E-state index contributed by atoms with van der Waals surface area (Å²) in [6.07, 6.45) is 4.32. The van der Waals surface area contributed by atoms with E-state index >= 15 is 0 Å². The van der Waals surface area contributed by atoms with Gasteiger partial charge in [0.1, 0.15) is 5.75 Å². The zero-order chi connectivity index (χ0) is 17.8. The van der Waals surface area contributed by atoms with E-state index in [0.29, 0.717) is 12.8 Å². The Morgan fingerprint density at radius 3 is 2.46 bits per heavy atom. The largest absolute Gasteiger partial charge is 0.495 e. The third-order valence-electron chi connectivity index (χ3n) is 4.36. The van der Waals surface area contributed by atoms with Gasteiger partial charge in [0.2, 0.25) is 10.0 Å². The van der Waals surface area contributed by atoms with E-state index < -0.39 is 21.6 Å². The molecule has 24 heavy (non-hydrogen) atoms. The first-order valence-corrected chi connectivity index (χ1v) is 9.43. The van der Waals surface area contributed by atoms with Crippen molar-refractivity contribution in [2.75, 3.05) is 24.7 Å². The van der Waals surface area contributed by atoms with E-state index in [2.05, 4.69) is 4.72 Å². The van der Waals surface area contributed by atoms with Crippen molar-refractivity contribution >= 4 is 21.7 Å². The number of ether oxygens (including phenoxy) is 2. The smallest absolute Gasteiger partial charge is 0.335 e. The lowest BCUT2D eigenvalue weighted by Gasteiger charge is -2.35. The van der Waals surface area contributed by atoms with Crippen molar-refractivity contribution in [2.45, 2.75) is 37.7 Å². The first kappa shape index (κ1) is 18.5. The van der Waals surface area contributed by atoms with E-state index in [1.807, 2.05) is 0 Å². The molecule has 2 rings (SSSR count). The standard InChI is InChI=1S/C16H23NO6S/c1-22-14-7-6-12(15(18)19)10-13(14)17-24(20,21)11-16(23-2)8-4-3-5-9-16/h6-7,10,17H,3-5,8-9,11H2,1-2H3,(H,18,19). The van der Waals surface area contributed by atoms with Gasteiger partial charge < -0.3 is 14.6 Å². The maximum absolute atomic E-state index is 12.6. The highest BCUT2D eigenvalue weighted by Gasteiger charge is 2.37. The molecule has 1 aliphatic carbocycles. The molecule has 0 spiro atoms. The Bertz CT molecular complexity index is 695. The van der Waals surface area contributed by atoms with Gasteiger partial charge >= 0.3 is 5.97 Å². The highest BCUT2D eigenvalue weighted by molar-refractivity contribution is 7.92. The van der Waals surface area contributed by atoms with Crippen LogP contribution in [0, 0.1) is 0 Å². The normalized spacial score (nSPS) is 17.2. The number of benzene rings is 1. The van der Waals surface area contributed by atoms with Gasteiger partial charge in [0, 0.05) is 7.11 Å². The molecule has 2 N–H and O–H groups in total. The second-order valence-corrected chi connectivity index (χ2v) is 7.75. The molecule has 7 nitrogen and oxygen atoms in total. The Labute approximate surface area is 142 Å². The van der Waals surface area contributed by atoms with Crippen LogP contribution in [0.15, 0.2) is 18.2 Å². The maximum atomic E-state index is 12.6. The van der Waals surface area contributed by atoms with Crippen LogP contribution in [0.25, 0.3) is 0 Å². The summed E-state index contributed by atoms with van der Waals surface area (Å²) in [5, 5.41) is 9.07. The van der Waals surface area contributed by atoms with Crippen LogP contribution >= 0.6 is 0 Å². The van der Waals surface area contributed by atoms with Gasteiger partial charge in [-0.2, -0.15) is 0 Å². The van der Waals surface area contributed by atoms with Gasteiger partial charge in [-0.05, 0) is 31.0 Å². The average molecular weight is 357 g/mol. The fraction of sp³-hybridized carbons (Fsp3) is 0.562. The summed E-state index contributed by atoms with van der Waals surface area (Å²) in [4.78, 5) is 11.1. The second kappa shape index (κ2) is 7.40. The first-order valence-electron chi connectivity index (χ1n) is 7.78. The summed E-state index contributed by atoms with van der Waals surface area (Å²) >= 11 is 0. The van der Waals surface area contributed by atoms with Crippen LogP contribution in [-0.4, -0.2) is 45.1 Å². The summed E-state index contributed by atoms with van der Waals surface area (Å²) in [5.41, 5.74) is -0.603. The number of nitrogens with one attached hydrogen (secondary N) is 1. The number of hydrogen-bond donors (Lipinski definition) is 2. The van der Waals surface area contributed by atoms with Crippen molar-refractivity contribution in [1.29, 1.82) is 0 Å². The number of anilines is 1. The number of rotatable bonds is 7. The molecule has 0 radical (unpaired) electrons. The third-order valence-corrected chi connectivity index (χ3v) is 5.80. The molecule has 1 aromatic carbocycles. The van der Waals surface area contributed by atoms with Crippen LogP contribution in [0.2, 0.25) is 0 Å². The van der Waals surface area contributed by atoms with Crippen molar-refractivity contribution in [3.63, 3.8) is 0 Å². The van der Waals surface area contributed by atoms with Crippen LogP contribution in [-0.2, 0) is 14.8 Å². The van der Waals surface area contributed by atoms with Crippen molar-refractivity contribution in [1.82, 2.24) is 0 Å². The Morgan fingerprint density at radius 1 is 1.25 bits per heavy atom. The van der Waals surface area contributed by atoms with Crippen molar-refractivity contribution < 1.29 is 27.8 Å².